The van der Waals surface area contributed by atoms with Gasteiger partial charge in [-0.3, -0.25) is 0 Å². The van der Waals surface area contributed by atoms with Crippen LogP contribution in [0.2, 0.25) is 0 Å². The van der Waals surface area contributed by atoms with Gasteiger partial charge in [-0.15, -0.1) is 0 Å². The minimum absolute atomic E-state index is 0.284. The van der Waals surface area contributed by atoms with Crippen LogP contribution in [0, 0.1) is 0 Å². The van der Waals surface area contributed by atoms with Crippen molar-refractivity contribution in [3.05, 3.63) is 59.7 Å². The maximum absolute atomic E-state index is 9.24. The van der Waals surface area contributed by atoms with Gasteiger partial charge in [0.05, 0.1) is 14.2 Å². The Hall–Kier alpha value is -2.42. The molecule has 0 aliphatic heterocycles. The van der Waals surface area contributed by atoms with Crippen molar-refractivity contribution in [2.24, 2.45) is 0 Å². The van der Waals surface area contributed by atoms with Gasteiger partial charge in [-0.1, -0.05) is 36.4 Å². The SMILES string of the molecule is COc1cccc(C=CCc2ccc(O)cc2)c1OC. The molecule has 0 saturated heterocycles. The predicted octanol–water partition coefficient (Wildman–Crippen LogP) is 3.67. The Morgan fingerprint density at radius 3 is 2.40 bits per heavy atom. The monoisotopic (exact) mass is 270 g/mol. The zero-order valence-corrected chi connectivity index (χ0v) is 11.7. The summed E-state index contributed by atoms with van der Waals surface area (Å²) < 4.78 is 10.6. The van der Waals surface area contributed by atoms with E-state index in [1.54, 1.807) is 26.4 Å². The first-order chi connectivity index (χ1) is 9.74. The largest absolute Gasteiger partial charge is 0.508 e. The minimum atomic E-state index is 0.284. The molecular weight excluding hydrogens is 252 g/mol. The van der Waals surface area contributed by atoms with E-state index in [9.17, 15) is 5.11 Å². The van der Waals surface area contributed by atoms with E-state index < -0.39 is 0 Å². The van der Waals surface area contributed by atoms with Crippen LogP contribution < -0.4 is 9.47 Å². The van der Waals surface area contributed by atoms with E-state index in [-0.39, 0.29) is 5.75 Å². The van der Waals surface area contributed by atoms with E-state index in [0.29, 0.717) is 0 Å². The lowest BCUT2D eigenvalue weighted by Crippen LogP contribution is -1.92. The Morgan fingerprint density at radius 2 is 1.75 bits per heavy atom. The van der Waals surface area contributed by atoms with Crippen LogP contribution in [0.1, 0.15) is 11.1 Å². The lowest BCUT2D eigenvalue weighted by atomic mass is 10.1. The number of phenolic OH excluding ortho intramolecular Hbond substituents is 1. The summed E-state index contributed by atoms with van der Waals surface area (Å²) in [6.45, 7) is 0. The van der Waals surface area contributed by atoms with E-state index in [1.807, 2.05) is 36.4 Å². The molecule has 0 heterocycles. The second-order valence-electron chi connectivity index (χ2n) is 4.36. The zero-order valence-electron chi connectivity index (χ0n) is 11.7. The number of hydrogen-bond donors (Lipinski definition) is 1. The fourth-order valence-electron chi connectivity index (χ4n) is 2.00. The average molecular weight is 270 g/mol. The van der Waals surface area contributed by atoms with Crippen LogP contribution in [0.4, 0.5) is 0 Å². The molecule has 20 heavy (non-hydrogen) atoms. The van der Waals surface area contributed by atoms with E-state index in [4.69, 9.17) is 9.47 Å². The Morgan fingerprint density at radius 1 is 1.00 bits per heavy atom. The van der Waals surface area contributed by atoms with Crippen LogP contribution in [-0.2, 0) is 6.42 Å². The molecule has 3 nitrogen and oxygen atoms in total. The van der Waals surface area contributed by atoms with Crippen LogP contribution >= 0.6 is 0 Å². The van der Waals surface area contributed by atoms with Gasteiger partial charge < -0.3 is 14.6 Å². The summed E-state index contributed by atoms with van der Waals surface area (Å²) in [4.78, 5) is 0. The van der Waals surface area contributed by atoms with Crippen molar-refractivity contribution in [2.45, 2.75) is 6.42 Å². The van der Waals surface area contributed by atoms with E-state index in [1.165, 1.54) is 0 Å². The van der Waals surface area contributed by atoms with Crippen molar-refractivity contribution in [3.63, 3.8) is 0 Å². The zero-order chi connectivity index (χ0) is 14.4. The smallest absolute Gasteiger partial charge is 0.167 e. The summed E-state index contributed by atoms with van der Waals surface area (Å²) in [7, 11) is 3.26. The van der Waals surface area contributed by atoms with Crippen LogP contribution in [-0.4, -0.2) is 19.3 Å². The Bertz CT molecular complexity index is 586. The standard InChI is InChI=1S/C17H18O3/c1-19-16-8-4-7-14(17(16)20-2)6-3-5-13-9-11-15(18)12-10-13/h3-4,6-12,18H,5H2,1-2H3. The molecular formula is C17H18O3. The van der Waals surface area contributed by atoms with Gasteiger partial charge >= 0.3 is 0 Å². The Balaban J connectivity index is 2.13. The van der Waals surface area contributed by atoms with Crippen LogP contribution in [0.5, 0.6) is 17.2 Å². The van der Waals surface area contributed by atoms with Crippen molar-refractivity contribution >= 4 is 6.08 Å². The second kappa shape index (κ2) is 6.66. The average Bonchev–Trinajstić information content (AvgIpc) is 2.49. The second-order valence-corrected chi connectivity index (χ2v) is 4.36. The molecule has 0 aliphatic carbocycles. The maximum atomic E-state index is 9.24. The van der Waals surface area contributed by atoms with Gasteiger partial charge in [0.1, 0.15) is 5.75 Å². The molecule has 0 amide bonds. The van der Waals surface area contributed by atoms with Crippen molar-refractivity contribution in [2.75, 3.05) is 14.2 Å². The summed E-state index contributed by atoms with van der Waals surface area (Å²) in [5, 5.41) is 9.24. The first-order valence-corrected chi connectivity index (χ1v) is 6.40. The summed E-state index contributed by atoms with van der Waals surface area (Å²) in [6, 6.07) is 13.0. The molecule has 0 bridgehead atoms. The highest BCUT2D eigenvalue weighted by Crippen LogP contribution is 2.31. The lowest BCUT2D eigenvalue weighted by molar-refractivity contribution is 0.354. The minimum Gasteiger partial charge on any atom is -0.508 e. The first kappa shape index (κ1) is 14.0. The third kappa shape index (κ3) is 3.32. The molecule has 0 spiro atoms. The number of hydrogen-bond acceptors (Lipinski definition) is 3. The van der Waals surface area contributed by atoms with Gasteiger partial charge in [-0.05, 0) is 30.2 Å². The van der Waals surface area contributed by atoms with E-state index >= 15 is 0 Å². The van der Waals surface area contributed by atoms with Gasteiger partial charge in [-0.2, -0.15) is 0 Å². The van der Waals surface area contributed by atoms with E-state index in [0.717, 1.165) is 29.0 Å². The number of aromatic hydroxyl groups is 1. The van der Waals surface area contributed by atoms with Crippen molar-refractivity contribution in [1.82, 2.24) is 0 Å². The molecule has 2 aromatic rings. The van der Waals surface area contributed by atoms with Crippen molar-refractivity contribution in [3.8, 4) is 17.2 Å². The summed E-state index contributed by atoms with van der Waals surface area (Å²) in [5.74, 6) is 1.74. The third-order valence-corrected chi connectivity index (χ3v) is 3.02. The molecule has 0 radical (unpaired) electrons. The number of phenols is 1. The normalized spacial score (nSPS) is 10.7. The van der Waals surface area contributed by atoms with Gasteiger partial charge in [0.2, 0.25) is 0 Å². The molecule has 0 atom stereocenters. The maximum Gasteiger partial charge on any atom is 0.167 e. The highest BCUT2D eigenvalue weighted by molar-refractivity contribution is 5.62. The number of allylic oxidation sites excluding steroid dienone is 1. The van der Waals surface area contributed by atoms with Gasteiger partial charge in [0.25, 0.3) is 0 Å². The molecule has 104 valence electrons. The number of methoxy groups -OCH3 is 2. The third-order valence-electron chi connectivity index (χ3n) is 3.02. The molecule has 0 aromatic heterocycles. The number of ether oxygens (including phenoxy) is 2. The number of rotatable bonds is 5. The van der Waals surface area contributed by atoms with Gasteiger partial charge in [0, 0.05) is 5.56 Å². The highest BCUT2D eigenvalue weighted by atomic mass is 16.5. The fraction of sp³-hybridized carbons (Fsp3) is 0.176. The van der Waals surface area contributed by atoms with Crippen LogP contribution in [0.15, 0.2) is 48.5 Å². The summed E-state index contributed by atoms with van der Waals surface area (Å²) >= 11 is 0. The quantitative estimate of drug-likeness (QED) is 0.901. The molecule has 3 heteroatoms. The molecule has 2 rings (SSSR count). The van der Waals surface area contributed by atoms with Crippen LogP contribution in [0.25, 0.3) is 6.08 Å². The number of para-hydroxylation sites is 1. The Kier molecular flexibility index (Phi) is 4.66. The molecule has 0 aliphatic rings. The first-order valence-electron chi connectivity index (χ1n) is 6.40. The topological polar surface area (TPSA) is 38.7 Å². The molecule has 2 aromatic carbocycles. The van der Waals surface area contributed by atoms with Crippen molar-refractivity contribution < 1.29 is 14.6 Å². The molecule has 0 unspecified atom stereocenters. The highest BCUT2D eigenvalue weighted by Gasteiger charge is 2.06. The van der Waals surface area contributed by atoms with Crippen molar-refractivity contribution in [1.29, 1.82) is 0 Å². The summed E-state index contributed by atoms with van der Waals surface area (Å²) in [6.07, 6.45) is 4.86. The molecule has 0 fully saturated rings. The number of benzene rings is 2. The molecule has 0 saturated carbocycles. The fourth-order valence-corrected chi connectivity index (χ4v) is 2.00. The Labute approximate surface area is 119 Å². The lowest BCUT2D eigenvalue weighted by Gasteiger charge is -2.09. The van der Waals surface area contributed by atoms with Gasteiger partial charge in [0.15, 0.2) is 11.5 Å². The van der Waals surface area contributed by atoms with E-state index in [2.05, 4.69) is 6.08 Å². The van der Waals surface area contributed by atoms with Gasteiger partial charge in [-0.25, -0.2) is 0 Å². The molecule has 1 N–H and O–H groups in total. The predicted molar refractivity (Wildman–Crippen MR) is 80.4 cm³/mol. The summed E-state index contributed by atoms with van der Waals surface area (Å²) in [5.41, 5.74) is 2.12. The van der Waals surface area contributed by atoms with Crippen LogP contribution in [0.3, 0.4) is 0 Å².